The number of aromatic nitrogens is 1. The van der Waals surface area contributed by atoms with E-state index < -0.39 is 14.9 Å². The number of amides is 1. The van der Waals surface area contributed by atoms with Gasteiger partial charge in [-0.3, -0.25) is 14.9 Å². The van der Waals surface area contributed by atoms with Crippen molar-refractivity contribution in [3.05, 3.63) is 58.3 Å². The Labute approximate surface area is 189 Å². The van der Waals surface area contributed by atoms with Gasteiger partial charge in [-0.15, -0.1) is 0 Å². The van der Waals surface area contributed by atoms with E-state index in [0.29, 0.717) is 28.0 Å². The van der Waals surface area contributed by atoms with Gasteiger partial charge >= 0.3 is 0 Å². The number of benzene rings is 2. The SMILES string of the molecule is COc1ccc(S(=O)(=O)N2CCN(C(=O)c3c[nH]c4ccc([N+](=O)[O-])cc34)CC2)cc1OC. The Hall–Kier alpha value is -3.64. The lowest BCUT2D eigenvalue weighted by Gasteiger charge is -2.34. The van der Waals surface area contributed by atoms with E-state index in [4.69, 9.17) is 9.47 Å². The Bertz CT molecular complexity index is 1330. The molecule has 33 heavy (non-hydrogen) atoms. The average Bonchev–Trinajstić information content (AvgIpc) is 3.26. The molecule has 1 amide bonds. The van der Waals surface area contributed by atoms with Gasteiger partial charge in [0.2, 0.25) is 10.0 Å². The van der Waals surface area contributed by atoms with Crippen LogP contribution >= 0.6 is 0 Å². The van der Waals surface area contributed by atoms with Gasteiger partial charge in [-0.05, 0) is 18.2 Å². The minimum atomic E-state index is -3.79. The predicted octanol–water partition coefficient (Wildman–Crippen LogP) is 2.24. The summed E-state index contributed by atoms with van der Waals surface area (Å²) in [6.07, 6.45) is 1.52. The van der Waals surface area contributed by atoms with Crippen molar-refractivity contribution in [2.24, 2.45) is 0 Å². The number of H-pyrrole nitrogens is 1. The van der Waals surface area contributed by atoms with Crippen LogP contribution < -0.4 is 9.47 Å². The number of hydrogen-bond donors (Lipinski definition) is 1. The van der Waals surface area contributed by atoms with Crippen LogP contribution in [0.3, 0.4) is 0 Å². The Kier molecular flexibility index (Phi) is 5.95. The minimum Gasteiger partial charge on any atom is -0.493 e. The van der Waals surface area contributed by atoms with Crippen LogP contribution in [0.2, 0.25) is 0 Å². The van der Waals surface area contributed by atoms with Crippen LogP contribution in [-0.4, -0.2) is 73.8 Å². The van der Waals surface area contributed by atoms with Gasteiger partial charge in [0, 0.05) is 61.5 Å². The van der Waals surface area contributed by atoms with Gasteiger partial charge in [0.15, 0.2) is 11.5 Å². The molecule has 1 fully saturated rings. The maximum absolute atomic E-state index is 13.1. The third-order valence-electron chi connectivity index (χ3n) is 5.63. The Morgan fingerprint density at radius 2 is 1.73 bits per heavy atom. The third kappa shape index (κ3) is 4.10. The van der Waals surface area contributed by atoms with Crippen LogP contribution in [0.4, 0.5) is 5.69 Å². The highest BCUT2D eigenvalue weighted by Crippen LogP contribution is 2.31. The first kappa shape index (κ1) is 22.6. The van der Waals surface area contributed by atoms with Crippen molar-refractivity contribution in [2.75, 3.05) is 40.4 Å². The summed E-state index contributed by atoms with van der Waals surface area (Å²) in [5.41, 5.74) is 0.811. The van der Waals surface area contributed by atoms with Crippen LogP contribution in [0.25, 0.3) is 10.9 Å². The van der Waals surface area contributed by atoms with E-state index in [0.717, 1.165) is 0 Å². The summed E-state index contributed by atoms with van der Waals surface area (Å²) >= 11 is 0. The molecule has 4 rings (SSSR count). The van der Waals surface area contributed by atoms with E-state index in [1.54, 1.807) is 11.0 Å². The molecule has 0 atom stereocenters. The van der Waals surface area contributed by atoms with Crippen molar-refractivity contribution in [3.63, 3.8) is 0 Å². The van der Waals surface area contributed by atoms with Crippen LogP contribution in [-0.2, 0) is 10.0 Å². The summed E-state index contributed by atoms with van der Waals surface area (Å²) in [6.45, 7) is 0.607. The molecule has 1 aliphatic rings. The van der Waals surface area contributed by atoms with E-state index in [1.165, 1.54) is 55.1 Å². The van der Waals surface area contributed by atoms with Crippen LogP contribution in [0.15, 0.2) is 47.5 Å². The van der Waals surface area contributed by atoms with E-state index in [1.807, 2.05) is 0 Å². The van der Waals surface area contributed by atoms with Gasteiger partial charge in [-0.2, -0.15) is 4.31 Å². The summed E-state index contributed by atoms with van der Waals surface area (Å²) in [7, 11) is -0.899. The lowest BCUT2D eigenvalue weighted by molar-refractivity contribution is -0.384. The number of fused-ring (bicyclic) bond motifs is 1. The topological polar surface area (TPSA) is 135 Å². The first-order valence-corrected chi connectivity index (χ1v) is 11.5. The summed E-state index contributed by atoms with van der Waals surface area (Å²) in [5, 5.41) is 11.5. The number of nitro groups is 1. The number of hydrogen-bond acceptors (Lipinski definition) is 7. The third-order valence-corrected chi connectivity index (χ3v) is 7.52. The fraction of sp³-hybridized carbons (Fsp3) is 0.286. The number of non-ortho nitro benzene ring substituents is 1. The highest BCUT2D eigenvalue weighted by Gasteiger charge is 2.32. The summed E-state index contributed by atoms with van der Waals surface area (Å²) in [4.78, 5) is 28.2. The van der Waals surface area contributed by atoms with Crippen molar-refractivity contribution in [3.8, 4) is 11.5 Å². The second kappa shape index (κ2) is 8.71. The molecule has 0 bridgehead atoms. The normalized spacial score (nSPS) is 14.9. The van der Waals surface area contributed by atoms with Crippen LogP contribution in [0.1, 0.15) is 10.4 Å². The highest BCUT2D eigenvalue weighted by molar-refractivity contribution is 7.89. The zero-order valence-electron chi connectivity index (χ0n) is 18.0. The van der Waals surface area contributed by atoms with E-state index in [9.17, 15) is 23.3 Å². The summed E-state index contributed by atoms with van der Waals surface area (Å²) in [5.74, 6) is 0.413. The molecule has 2 aromatic carbocycles. The number of nitrogens with zero attached hydrogens (tertiary/aromatic N) is 3. The molecular formula is C21H22N4O7S. The molecule has 1 saturated heterocycles. The van der Waals surface area contributed by atoms with Gasteiger partial charge in [0.05, 0.1) is 29.6 Å². The van der Waals surface area contributed by atoms with Gasteiger partial charge in [-0.25, -0.2) is 8.42 Å². The number of piperazine rings is 1. The largest absolute Gasteiger partial charge is 0.493 e. The Balaban J connectivity index is 1.51. The number of methoxy groups -OCH3 is 2. The van der Waals surface area contributed by atoms with Crippen molar-refractivity contribution < 1.29 is 27.6 Å². The van der Waals surface area contributed by atoms with Gasteiger partial charge < -0.3 is 19.4 Å². The van der Waals surface area contributed by atoms with Crippen molar-refractivity contribution in [2.45, 2.75) is 4.90 Å². The van der Waals surface area contributed by atoms with Crippen molar-refractivity contribution in [1.82, 2.24) is 14.2 Å². The Morgan fingerprint density at radius 1 is 1.03 bits per heavy atom. The number of carbonyl (C=O) groups excluding carboxylic acids is 1. The molecule has 0 saturated carbocycles. The lowest BCUT2D eigenvalue weighted by atomic mass is 10.1. The lowest BCUT2D eigenvalue weighted by Crippen LogP contribution is -2.50. The first-order valence-electron chi connectivity index (χ1n) is 10.0. The number of aromatic amines is 1. The molecule has 1 N–H and O–H groups in total. The van der Waals surface area contributed by atoms with Gasteiger partial charge in [-0.1, -0.05) is 0 Å². The highest BCUT2D eigenvalue weighted by atomic mass is 32.2. The maximum Gasteiger partial charge on any atom is 0.270 e. The molecule has 0 unspecified atom stereocenters. The first-order chi connectivity index (χ1) is 15.8. The van der Waals surface area contributed by atoms with E-state index >= 15 is 0 Å². The molecule has 2 heterocycles. The molecule has 1 aliphatic heterocycles. The molecule has 1 aromatic heterocycles. The molecule has 0 aliphatic carbocycles. The van der Waals surface area contributed by atoms with E-state index in [-0.39, 0.29) is 42.7 Å². The smallest absolute Gasteiger partial charge is 0.270 e. The molecule has 3 aromatic rings. The predicted molar refractivity (Wildman–Crippen MR) is 119 cm³/mol. The standard InChI is InChI=1S/C21H22N4O7S/c1-31-19-6-4-15(12-20(19)32-2)33(29,30)24-9-7-23(8-10-24)21(26)17-13-22-18-5-3-14(25(27)28)11-16(17)18/h3-6,11-13,22H,7-10H2,1-2H3. The zero-order valence-corrected chi connectivity index (χ0v) is 18.8. The minimum absolute atomic E-state index is 0.0730. The quantitative estimate of drug-likeness (QED) is 0.427. The fourth-order valence-electron chi connectivity index (χ4n) is 3.83. The number of carbonyl (C=O) groups is 1. The molecular weight excluding hydrogens is 452 g/mol. The van der Waals surface area contributed by atoms with Crippen LogP contribution in [0, 0.1) is 10.1 Å². The number of ether oxygens (including phenoxy) is 2. The maximum atomic E-state index is 13.1. The average molecular weight is 474 g/mol. The molecule has 12 heteroatoms. The number of nitro benzene ring substituents is 1. The Morgan fingerprint density at radius 3 is 2.36 bits per heavy atom. The zero-order chi connectivity index (χ0) is 23.8. The van der Waals surface area contributed by atoms with E-state index in [2.05, 4.69) is 4.98 Å². The summed E-state index contributed by atoms with van der Waals surface area (Å²) < 4.78 is 37.9. The molecule has 0 spiro atoms. The molecule has 0 radical (unpaired) electrons. The van der Waals surface area contributed by atoms with Gasteiger partial charge in [0.1, 0.15) is 0 Å². The van der Waals surface area contributed by atoms with Crippen molar-refractivity contribution >= 4 is 32.5 Å². The number of rotatable bonds is 6. The van der Waals surface area contributed by atoms with Gasteiger partial charge in [0.25, 0.3) is 11.6 Å². The monoisotopic (exact) mass is 474 g/mol. The second-order valence-electron chi connectivity index (χ2n) is 7.40. The fourth-order valence-corrected chi connectivity index (χ4v) is 5.27. The van der Waals surface area contributed by atoms with Crippen LogP contribution in [0.5, 0.6) is 11.5 Å². The molecule has 11 nitrogen and oxygen atoms in total. The van der Waals surface area contributed by atoms with Crippen molar-refractivity contribution in [1.29, 1.82) is 0 Å². The number of sulfonamides is 1. The summed E-state index contributed by atoms with van der Waals surface area (Å²) in [6, 6.07) is 8.67. The number of nitrogens with one attached hydrogen (secondary N) is 1. The molecule has 174 valence electrons. The second-order valence-corrected chi connectivity index (χ2v) is 9.34.